The van der Waals surface area contributed by atoms with Crippen LogP contribution in [0.1, 0.15) is 36.0 Å². The number of ether oxygens (including phenoxy) is 2. The molecule has 0 spiro atoms. The monoisotopic (exact) mass is 425 g/mol. The SMILES string of the molecule is O=C1N(CC2CC2)CC2CC1(c1ccccc1)c1cc(OCc3ccccc3)ccc1O2. The number of fused-ring (bicyclic) bond motifs is 4. The van der Waals surface area contributed by atoms with Crippen molar-refractivity contribution in [1.82, 2.24) is 4.90 Å². The highest BCUT2D eigenvalue weighted by Crippen LogP contribution is 2.51. The molecule has 2 heterocycles. The number of rotatable bonds is 6. The maximum atomic E-state index is 14.1. The van der Waals surface area contributed by atoms with Gasteiger partial charge in [-0.25, -0.2) is 0 Å². The summed E-state index contributed by atoms with van der Waals surface area (Å²) >= 11 is 0. The second kappa shape index (κ2) is 7.70. The molecular formula is C28H27NO3. The van der Waals surface area contributed by atoms with Gasteiger partial charge in [0.15, 0.2) is 0 Å². The first kappa shape index (κ1) is 19.4. The first-order valence-electron chi connectivity index (χ1n) is 11.6. The maximum absolute atomic E-state index is 14.1. The topological polar surface area (TPSA) is 38.8 Å². The summed E-state index contributed by atoms with van der Waals surface area (Å²) in [5.41, 5.74) is 2.36. The van der Waals surface area contributed by atoms with Crippen LogP contribution in [0.2, 0.25) is 0 Å². The molecule has 0 N–H and O–H groups in total. The van der Waals surface area contributed by atoms with Gasteiger partial charge in [0, 0.05) is 18.5 Å². The van der Waals surface area contributed by atoms with Gasteiger partial charge in [-0.2, -0.15) is 0 Å². The predicted octanol–water partition coefficient (Wildman–Crippen LogP) is 4.96. The number of carbonyl (C=O) groups excluding carboxylic acids is 1. The van der Waals surface area contributed by atoms with Crippen molar-refractivity contribution < 1.29 is 14.3 Å². The zero-order chi connectivity index (χ0) is 21.5. The molecule has 6 rings (SSSR count). The Kier molecular flexibility index (Phi) is 4.67. The summed E-state index contributed by atoms with van der Waals surface area (Å²) in [6.07, 6.45) is 3.13. The number of hydrogen-bond donors (Lipinski definition) is 0. The van der Waals surface area contributed by atoms with Gasteiger partial charge in [0.1, 0.15) is 29.6 Å². The molecule has 1 aliphatic carbocycles. The minimum absolute atomic E-state index is 0.00948. The van der Waals surface area contributed by atoms with Gasteiger partial charge in [0.2, 0.25) is 5.91 Å². The third-order valence-electron chi connectivity index (χ3n) is 7.01. The average Bonchev–Trinajstić information content (AvgIpc) is 3.66. The van der Waals surface area contributed by atoms with E-state index in [-0.39, 0.29) is 12.0 Å². The average molecular weight is 426 g/mol. The van der Waals surface area contributed by atoms with Gasteiger partial charge in [-0.1, -0.05) is 60.7 Å². The van der Waals surface area contributed by atoms with Crippen LogP contribution in [-0.4, -0.2) is 30.0 Å². The summed E-state index contributed by atoms with van der Waals surface area (Å²) in [6.45, 7) is 2.01. The molecule has 2 fully saturated rings. The molecule has 2 bridgehead atoms. The molecule has 0 aromatic heterocycles. The predicted molar refractivity (Wildman–Crippen MR) is 123 cm³/mol. The van der Waals surface area contributed by atoms with Crippen molar-refractivity contribution in [2.75, 3.05) is 13.1 Å². The Hall–Kier alpha value is -3.27. The van der Waals surface area contributed by atoms with E-state index in [2.05, 4.69) is 29.2 Å². The first-order valence-corrected chi connectivity index (χ1v) is 11.6. The third-order valence-corrected chi connectivity index (χ3v) is 7.01. The van der Waals surface area contributed by atoms with E-state index < -0.39 is 5.41 Å². The van der Waals surface area contributed by atoms with Crippen molar-refractivity contribution in [2.45, 2.75) is 37.4 Å². The lowest BCUT2D eigenvalue weighted by molar-refractivity contribution is -0.144. The summed E-state index contributed by atoms with van der Waals surface area (Å²) in [4.78, 5) is 16.2. The molecule has 3 aliphatic rings. The van der Waals surface area contributed by atoms with Crippen LogP contribution in [0.25, 0.3) is 0 Å². The minimum Gasteiger partial charge on any atom is -0.489 e. The Morgan fingerprint density at radius 3 is 2.47 bits per heavy atom. The van der Waals surface area contributed by atoms with Crippen LogP contribution in [0.15, 0.2) is 78.9 Å². The largest absolute Gasteiger partial charge is 0.489 e. The van der Waals surface area contributed by atoms with Crippen molar-refractivity contribution in [3.63, 3.8) is 0 Å². The maximum Gasteiger partial charge on any atom is 0.238 e. The fraction of sp³-hybridized carbons (Fsp3) is 0.321. The smallest absolute Gasteiger partial charge is 0.238 e. The van der Waals surface area contributed by atoms with Crippen LogP contribution in [0.4, 0.5) is 0 Å². The van der Waals surface area contributed by atoms with E-state index in [1.54, 1.807) is 0 Å². The Morgan fingerprint density at radius 2 is 1.72 bits per heavy atom. The number of benzene rings is 3. The van der Waals surface area contributed by atoms with Crippen molar-refractivity contribution in [2.24, 2.45) is 5.92 Å². The highest BCUT2D eigenvalue weighted by atomic mass is 16.5. The van der Waals surface area contributed by atoms with E-state index in [0.717, 1.165) is 34.7 Å². The van der Waals surface area contributed by atoms with Gasteiger partial charge in [-0.15, -0.1) is 0 Å². The van der Waals surface area contributed by atoms with Crippen molar-refractivity contribution in [3.05, 3.63) is 95.6 Å². The lowest BCUT2D eigenvalue weighted by Gasteiger charge is -2.49. The lowest BCUT2D eigenvalue weighted by atomic mass is 9.66. The van der Waals surface area contributed by atoms with Crippen molar-refractivity contribution >= 4 is 5.91 Å². The zero-order valence-corrected chi connectivity index (χ0v) is 18.1. The van der Waals surface area contributed by atoms with Crippen LogP contribution in [0.3, 0.4) is 0 Å². The zero-order valence-electron chi connectivity index (χ0n) is 18.1. The summed E-state index contributed by atoms with van der Waals surface area (Å²) < 4.78 is 12.5. The van der Waals surface area contributed by atoms with Gasteiger partial charge in [-0.3, -0.25) is 4.79 Å². The standard InChI is InChI=1S/C28H27NO3/c30-27-28(22-9-5-2-6-10-22)16-24(18-29(27)17-20-11-12-20)32-26-14-13-23(15-25(26)28)31-19-21-7-3-1-4-8-21/h1-10,13-15,20,24H,11-12,16-19H2. The van der Waals surface area contributed by atoms with Crippen molar-refractivity contribution in [1.29, 1.82) is 0 Å². The fourth-order valence-corrected chi connectivity index (χ4v) is 5.24. The second-order valence-corrected chi connectivity index (χ2v) is 9.30. The summed E-state index contributed by atoms with van der Waals surface area (Å²) in [5, 5.41) is 0. The highest BCUT2D eigenvalue weighted by Gasteiger charge is 2.55. The molecule has 2 aliphatic heterocycles. The van der Waals surface area contributed by atoms with Crippen LogP contribution in [-0.2, 0) is 16.8 Å². The van der Waals surface area contributed by atoms with E-state index in [9.17, 15) is 4.79 Å². The van der Waals surface area contributed by atoms with Gasteiger partial charge < -0.3 is 14.4 Å². The number of piperidine rings is 1. The van der Waals surface area contributed by atoms with E-state index in [0.29, 0.717) is 25.5 Å². The normalized spacial score (nSPS) is 23.9. The van der Waals surface area contributed by atoms with Gasteiger partial charge in [0.05, 0.1) is 6.54 Å². The lowest BCUT2D eigenvalue weighted by Crippen LogP contribution is -2.60. The molecule has 4 nitrogen and oxygen atoms in total. The van der Waals surface area contributed by atoms with Crippen LogP contribution in [0, 0.1) is 5.92 Å². The molecule has 2 unspecified atom stereocenters. The third kappa shape index (κ3) is 3.35. The summed E-state index contributed by atoms with van der Waals surface area (Å²) in [7, 11) is 0. The molecule has 32 heavy (non-hydrogen) atoms. The van der Waals surface area contributed by atoms with Crippen molar-refractivity contribution in [3.8, 4) is 11.5 Å². The quantitative estimate of drug-likeness (QED) is 0.561. The van der Waals surface area contributed by atoms with Gasteiger partial charge in [-0.05, 0) is 48.1 Å². The molecule has 1 amide bonds. The number of carbonyl (C=O) groups is 1. The molecule has 0 radical (unpaired) electrons. The molecule has 162 valence electrons. The molecule has 3 aromatic rings. The van der Waals surface area contributed by atoms with E-state index in [1.807, 2.05) is 54.6 Å². The van der Waals surface area contributed by atoms with E-state index in [1.165, 1.54) is 12.8 Å². The minimum atomic E-state index is -0.723. The fourth-order valence-electron chi connectivity index (χ4n) is 5.24. The Bertz CT molecular complexity index is 1130. The number of likely N-dealkylation sites (tertiary alicyclic amines) is 1. The van der Waals surface area contributed by atoms with Gasteiger partial charge in [0.25, 0.3) is 0 Å². The Labute approximate surface area is 188 Å². The van der Waals surface area contributed by atoms with E-state index >= 15 is 0 Å². The highest BCUT2D eigenvalue weighted by molar-refractivity contribution is 5.94. The molecular weight excluding hydrogens is 398 g/mol. The molecule has 1 saturated heterocycles. The Morgan fingerprint density at radius 1 is 0.969 bits per heavy atom. The number of hydrogen-bond acceptors (Lipinski definition) is 3. The molecule has 4 heteroatoms. The van der Waals surface area contributed by atoms with Crippen LogP contribution in [0.5, 0.6) is 11.5 Å². The number of nitrogens with zero attached hydrogens (tertiary/aromatic N) is 1. The molecule has 2 atom stereocenters. The summed E-state index contributed by atoms with van der Waals surface area (Å²) in [6, 6.07) is 26.3. The summed E-state index contributed by atoms with van der Waals surface area (Å²) in [5.74, 6) is 2.41. The van der Waals surface area contributed by atoms with Crippen LogP contribution >= 0.6 is 0 Å². The molecule has 1 saturated carbocycles. The van der Waals surface area contributed by atoms with E-state index in [4.69, 9.17) is 9.47 Å². The first-order chi connectivity index (χ1) is 15.7. The molecule has 3 aromatic carbocycles. The Balaban J connectivity index is 1.41. The van der Waals surface area contributed by atoms with Gasteiger partial charge >= 0.3 is 0 Å². The van der Waals surface area contributed by atoms with Crippen LogP contribution < -0.4 is 9.47 Å². The second-order valence-electron chi connectivity index (χ2n) is 9.30. The number of amides is 1.